The van der Waals surface area contributed by atoms with Gasteiger partial charge in [-0.15, -0.1) is 0 Å². The molecule has 1 saturated carbocycles. The molecule has 1 nitrogen and oxygen atoms in total. The van der Waals surface area contributed by atoms with E-state index in [1.54, 1.807) is 0 Å². The van der Waals surface area contributed by atoms with E-state index in [1.165, 1.54) is 25.8 Å². The van der Waals surface area contributed by atoms with Crippen molar-refractivity contribution in [1.29, 1.82) is 0 Å². The molecule has 0 aromatic carbocycles. The van der Waals surface area contributed by atoms with Crippen molar-refractivity contribution in [2.45, 2.75) is 45.6 Å². The molecule has 0 aromatic rings. The van der Waals surface area contributed by atoms with Gasteiger partial charge in [0, 0.05) is 12.1 Å². The van der Waals surface area contributed by atoms with Gasteiger partial charge in [-0.2, -0.15) is 0 Å². The highest BCUT2D eigenvalue weighted by Crippen LogP contribution is 2.44. The Morgan fingerprint density at radius 1 is 1.36 bits per heavy atom. The molecule has 2 atom stereocenters. The summed E-state index contributed by atoms with van der Waals surface area (Å²) in [6.45, 7) is 7.76. The number of piperidine rings is 1. The molecule has 1 aliphatic heterocycles. The third-order valence-corrected chi connectivity index (χ3v) is 3.27. The molecular weight excluding hydrogens is 134 g/mol. The smallest absolute Gasteiger partial charge is 0.0181 e. The van der Waals surface area contributed by atoms with Gasteiger partial charge in [0.1, 0.15) is 0 Å². The number of nitrogens with zero attached hydrogens (tertiary/aromatic N) is 1. The lowest BCUT2D eigenvalue weighted by Gasteiger charge is -2.32. The first-order chi connectivity index (χ1) is 5.21. The molecule has 11 heavy (non-hydrogen) atoms. The van der Waals surface area contributed by atoms with E-state index in [0.717, 1.165) is 5.92 Å². The zero-order valence-electron chi connectivity index (χ0n) is 8.35. The van der Waals surface area contributed by atoms with Crippen molar-refractivity contribution in [3.8, 4) is 0 Å². The van der Waals surface area contributed by atoms with Crippen LogP contribution in [0.4, 0.5) is 0 Å². The average Bonchev–Trinajstić information content (AvgIpc) is 2.48. The summed E-state index contributed by atoms with van der Waals surface area (Å²) in [5, 5.41) is 0. The molecule has 0 amide bonds. The molecule has 1 aliphatic carbocycles. The summed E-state index contributed by atoms with van der Waals surface area (Å²) >= 11 is 0. The predicted molar refractivity (Wildman–Crippen MR) is 49.7 cm³/mol. The molecule has 2 unspecified atom stereocenters. The maximum atomic E-state index is 2.53. The fourth-order valence-corrected chi connectivity index (χ4v) is 2.45. The normalized spacial score (nSPS) is 42.0. The van der Waals surface area contributed by atoms with Gasteiger partial charge < -0.3 is 4.90 Å². The standard InChI is InChI=1S/C8H15N.C2H6/c1-8-4-3-7(5-8)6-9(8)2;1-2/h7H,3-6H2,1-2H3;1-2H3. The quantitative estimate of drug-likeness (QED) is 0.519. The summed E-state index contributed by atoms with van der Waals surface area (Å²) in [5.74, 6) is 1.04. The van der Waals surface area contributed by atoms with Crippen LogP contribution in [0.1, 0.15) is 40.0 Å². The van der Waals surface area contributed by atoms with Gasteiger partial charge in [-0.25, -0.2) is 0 Å². The van der Waals surface area contributed by atoms with E-state index >= 15 is 0 Å². The van der Waals surface area contributed by atoms with Crippen LogP contribution in [-0.4, -0.2) is 24.0 Å². The Kier molecular flexibility index (Phi) is 2.58. The molecule has 66 valence electrons. The van der Waals surface area contributed by atoms with Crippen LogP contribution in [0.25, 0.3) is 0 Å². The lowest BCUT2D eigenvalue weighted by atomic mass is 10.0. The Hall–Kier alpha value is -0.0400. The van der Waals surface area contributed by atoms with E-state index in [1.807, 2.05) is 13.8 Å². The molecule has 1 saturated heterocycles. The second-order valence-corrected chi connectivity index (χ2v) is 3.99. The van der Waals surface area contributed by atoms with Crippen LogP contribution in [0.15, 0.2) is 0 Å². The van der Waals surface area contributed by atoms with Crippen LogP contribution in [0.3, 0.4) is 0 Å². The fraction of sp³-hybridized carbons (Fsp3) is 1.00. The molecule has 0 aromatic heterocycles. The summed E-state index contributed by atoms with van der Waals surface area (Å²) in [6, 6.07) is 0. The molecule has 2 aliphatic rings. The zero-order valence-corrected chi connectivity index (χ0v) is 8.35. The predicted octanol–water partition coefficient (Wildman–Crippen LogP) is 2.52. The number of likely N-dealkylation sites (tertiary alicyclic amines) is 1. The molecule has 0 spiro atoms. The number of rotatable bonds is 0. The first kappa shape index (κ1) is 9.05. The van der Waals surface area contributed by atoms with Gasteiger partial charge >= 0.3 is 0 Å². The maximum Gasteiger partial charge on any atom is 0.0181 e. The van der Waals surface area contributed by atoms with E-state index in [0.29, 0.717) is 5.54 Å². The van der Waals surface area contributed by atoms with Gasteiger partial charge in [0.2, 0.25) is 0 Å². The molecule has 2 rings (SSSR count). The van der Waals surface area contributed by atoms with Crippen molar-refractivity contribution in [2.75, 3.05) is 13.6 Å². The van der Waals surface area contributed by atoms with Gasteiger partial charge in [0.25, 0.3) is 0 Å². The Balaban J connectivity index is 0.000000281. The topological polar surface area (TPSA) is 3.24 Å². The second-order valence-electron chi connectivity index (χ2n) is 3.99. The summed E-state index contributed by atoms with van der Waals surface area (Å²) in [4.78, 5) is 2.53. The van der Waals surface area contributed by atoms with Crippen molar-refractivity contribution in [1.82, 2.24) is 4.90 Å². The number of fused-ring (bicyclic) bond motifs is 2. The Morgan fingerprint density at radius 3 is 2.18 bits per heavy atom. The van der Waals surface area contributed by atoms with E-state index in [2.05, 4.69) is 18.9 Å². The lowest BCUT2D eigenvalue weighted by Crippen LogP contribution is -2.38. The van der Waals surface area contributed by atoms with E-state index in [4.69, 9.17) is 0 Å². The zero-order chi connectivity index (χ0) is 8.48. The van der Waals surface area contributed by atoms with Crippen LogP contribution >= 0.6 is 0 Å². The van der Waals surface area contributed by atoms with Crippen molar-refractivity contribution >= 4 is 0 Å². The van der Waals surface area contributed by atoms with Gasteiger partial charge in [-0.3, -0.25) is 0 Å². The fourth-order valence-electron chi connectivity index (χ4n) is 2.45. The minimum Gasteiger partial charge on any atom is -0.301 e. The molecule has 2 bridgehead atoms. The summed E-state index contributed by atoms with van der Waals surface area (Å²) < 4.78 is 0. The molecule has 0 N–H and O–H groups in total. The van der Waals surface area contributed by atoms with Crippen LogP contribution < -0.4 is 0 Å². The monoisotopic (exact) mass is 155 g/mol. The summed E-state index contributed by atoms with van der Waals surface area (Å²) in [7, 11) is 2.26. The Bertz CT molecular complexity index is 133. The third kappa shape index (κ3) is 1.44. The van der Waals surface area contributed by atoms with Crippen LogP contribution in [0.5, 0.6) is 0 Å². The van der Waals surface area contributed by atoms with Gasteiger partial charge in [0.05, 0.1) is 0 Å². The SMILES string of the molecule is CC.CN1CC2CCC1(C)C2. The first-order valence-electron chi connectivity index (χ1n) is 4.92. The summed E-state index contributed by atoms with van der Waals surface area (Å²) in [6.07, 6.45) is 4.39. The highest BCUT2D eigenvalue weighted by molar-refractivity contribution is 5.00. The Labute approximate surface area is 70.8 Å². The molecule has 1 heteroatoms. The van der Waals surface area contributed by atoms with E-state index in [-0.39, 0.29) is 0 Å². The molecule has 2 fully saturated rings. The largest absolute Gasteiger partial charge is 0.301 e. The minimum atomic E-state index is 0.602. The van der Waals surface area contributed by atoms with Crippen molar-refractivity contribution in [3.05, 3.63) is 0 Å². The number of hydrogen-bond donors (Lipinski definition) is 0. The van der Waals surface area contributed by atoms with E-state index < -0.39 is 0 Å². The highest BCUT2D eigenvalue weighted by atomic mass is 15.2. The van der Waals surface area contributed by atoms with Gasteiger partial charge in [-0.1, -0.05) is 13.8 Å². The van der Waals surface area contributed by atoms with Crippen molar-refractivity contribution < 1.29 is 0 Å². The molecular formula is C10H21N. The molecule has 0 radical (unpaired) electrons. The van der Waals surface area contributed by atoms with Crippen molar-refractivity contribution in [3.63, 3.8) is 0 Å². The van der Waals surface area contributed by atoms with Crippen LogP contribution in [-0.2, 0) is 0 Å². The average molecular weight is 155 g/mol. The van der Waals surface area contributed by atoms with Gasteiger partial charge in [-0.05, 0) is 39.2 Å². The summed E-state index contributed by atoms with van der Waals surface area (Å²) in [5.41, 5.74) is 0.602. The van der Waals surface area contributed by atoms with E-state index in [9.17, 15) is 0 Å². The van der Waals surface area contributed by atoms with Crippen LogP contribution in [0.2, 0.25) is 0 Å². The highest BCUT2D eigenvalue weighted by Gasteiger charge is 2.44. The van der Waals surface area contributed by atoms with Crippen LogP contribution in [0, 0.1) is 5.92 Å². The van der Waals surface area contributed by atoms with Gasteiger partial charge in [0.15, 0.2) is 0 Å². The lowest BCUT2D eigenvalue weighted by molar-refractivity contribution is 0.169. The second kappa shape index (κ2) is 3.14. The minimum absolute atomic E-state index is 0.602. The molecule has 1 heterocycles. The third-order valence-electron chi connectivity index (χ3n) is 3.27. The Morgan fingerprint density at radius 2 is 2.00 bits per heavy atom. The van der Waals surface area contributed by atoms with Crippen molar-refractivity contribution in [2.24, 2.45) is 5.92 Å². The first-order valence-corrected chi connectivity index (χ1v) is 4.92. The maximum absolute atomic E-state index is 2.53. The number of hydrogen-bond acceptors (Lipinski definition) is 1.